The van der Waals surface area contributed by atoms with Gasteiger partial charge in [-0.1, -0.05) is 18.2 Å². The Morgan fingerprint density at radius 2 is 1.73 bits per heavy atom. The fourth-order valence-corrected chi connectivity index (χ4v) is 3.66. The molecule has 3 rings (SSSR count). The average molecular weight is 500 g/mol. The van der Waals surface area contributed by atoms with Gasteiger partial charge in [0, 0.05) is 11.1 Å². The number of ether oxygens (including phenoxy) is 1. The van der Waals surface area contributed by atoms with Crippen LogP contribution in [0.3, 0.4) is 0 Å². The molecule has 2 aromatic rings. The number of carboxylic acids is 1. The van der Waals surface area contributed by atoms with E-state index >= 15 is 0 Å². The molecular weight excluding hydrogens is 486 g/mol. The fourth-order valence-electron chi connectivity index (χ4n) is 3.19. The molecule has 0 saturated carbocycles. The molecule has 0 aromatic heterocycles. The largest absolute Gasteiger partial charge is 0.534 e. The highest BCUT2D eigenvalue weighted by Gasteiger charge is 2.49. The molecule has 2 aromatic carbocycles. The highest BCUT2D eigenvalue weighted by atomic mass is 32.2. The predicted molar refractivity (Wildman–Crippen MR) is 98.4 cm³/mol. The van der Waals surface area contributed by atoms with Crippen LogP contribution in [0.4, 0.5) is 26.3 Å². The zero-order valence-corrected chi connectivity index (χ0v) is 17.0. The number of halogens is 6. The summed E-state index contributed by atoms with van der Waals surface area (Å²) in [6.45, 7) is 0.471. The van der Waals surface area contributed by atoms with Crippen molar-refractivity contribution < 1.29 is 58.7 Å². The van der Waals surface area contributed by atoms with Gasteiger partial charge in [-0.05, 0) is 35.2 Å². The molecule has 180 valence electrons. The number of hydrogen-bond acceptors (Lipinski definition) is 6. The van der Waals surface area contributed by atoms with Gasteiger partial charge < -0.3 is 19.1 Å². The van der Waals surface area contributed by atoms with E-state index in [-0.39, 0.29) is 30.9 Å². The number of fused-ring (bicyclic) bond motifs is 1. The zero-order valence-electron chi connectivity index (χ0n) is 16.2. The van der Waals surface area contributed by atoms with E-state index in [0.717, 1.165) is 0 Å². The number of alkyl halides is 6. The van der Waals surface area contributed by atoms with Crippen LogP contribution in [0.25, 0.3) is 11.1 Å². The normalized spacial score (nSPS) is 15.6. The predicted octanol–water partition coefficient (Wildman–Crippen LogP) is 3.79. The fraction of sp³-hybridized carbons (Fsp3) is 0.316. The molecule has 0 aliphatic carbocycles. The third-order valence-electron chi connectivity index (χ3n) is 4.76. The molecule has 1 atom stereocenters. The van der Waals surface area contributed by atoms with Crippen molar-refractivity contribution in [1.82, 2.24) is 0 Å². The Balaban J connectivity index is 2.31. The van der Waals surface area contributed by atoms with Crippen molar-refractivity contribution >= 4 is 16.1 Å². The number of carboxylic acid groups (broad SMARTS) is 1. The first-order valence-electron chi connectivity index (χ1n) is 8.98. The molecule has 0 spiro atoms. The minimum atomic E-state index is -6.34. The molecule has 1 aliphatic rings. The molecule has 0 bridgehead atoms. The second kappa shape index (κ2) is 8.50. The van der Waals surface area contributed by atoms with Crippen LogP contribution in [-0.4, -0.2) is 36.7 Å². The monoisotopic (exact) mass is 500 g/mol. The Morgan fingerprint density at radius 1 is 1.06 bits per heavy atom. The van der Waals surface area contributed by atoms with Crippen LogP contribution in [0.5, 0.6) is 5.75 Å². The third-order valence-corrected chi connectivity index (χ3v) is 5.73. The summed E-state index contributed by atoms with van der Waals surface area (Å²) in [5.41, 5.74) is -8.56. The number of carbonyl (C=O) groups is 1. The van der Waals surface area contributed by atoms with Gasteiger partial charge in [-0.3, -0.25) is 0 Å². The summed E-state index contributed by atoms with van der Waals surface area (Å²) in [5.74, 6) is -3.38. The molecule has 1 heterocycles. The van der Waals surface area contributed by atoms with E-state index in [1.54, 1.807) is 0 Å². The van der Waals surface area contributed by atoms with E-state index < -0.39 is 56.3 Å². The third kappa shape index (κ3) is 5.07. The Kier molecular flexibility index (Phi) is 6.39. The van der Waals surface area contributed by atoms with Gasteiger partial charge >= 0.3 is 27.8 Å². The Hall–Kier alpha value is -2.84. The van der Waals surface area contributed by atoms with E-state index in [2.05, 4.69) is 4.18 Å². The lowest BCUT2D eigenvalue weighted by molar-refractivity contribution is -0.149. The maximum atomic E-state index is 13.6. The summed E-state index contributed by atoms with van der Waals surface area (Å²) >= 11 is 0. The van der Waals surface area contributed by atoms with Gasteiger partial charge in [-0.2, -0.15) is 34.8 Å². The smallest absolute Gasteiger partial charge is 0.479 e. The van der Waals surface area contributed by atoms with Crippen LogP contribution >= 0.6 is 0 Å². The number of benzene rings is 2. The van der Waals surface area contributed by atoms with Crippen LogP contribution in [0.2, 0.25) is 0 Å². The second-order valence-corrected chi connectivity index (χ2v) is 8.48. The SMILES string of the molecule is O=C(O)C(O)c1cc(OS(=O)(=O)C(F)(F)F)c(-c2ccc3c(c2)CCOC3)cc1C(F)(F)F. The number of hydrogen-bond donors (Lipinski definition) is 2. The first kappa shape index (κ1) is 24.8. The standard InChI is InChI=1S/C19H14F6O7S/c20-18(21,22)14-6-12(10-1-2-11-8-31-4-3-9(11)5-10)15(7-13(14)16(26)17(27)28)32-33(29,30)19(23,24)25/h1-2,5-7,16,26H,3-4,8H2,(H,27,28). The summed E-state index contributed by atoms with van der Waals surface area (Å²) in [7, 11) is -6.34. The van der Waals surface area contributed by atoms with Crippen molar-refractivity contribution in [1.29, 1.82) is 0 Å². The van der Waals surface area contributed by atoms with E-state index in [1.807, 2.05) is 0 Å². The average Bonchev–Trinajstić information content (AvgIpc) is 2.70. The van der Waals surface area contributed by atoms with E-state index in [4.69, 9.17) is 9.84 Å². The van der Waals surface area contributed by atoms with Crippen molar-refractivity contribution in [3.8, 4) is 16.9 Å². The van der Waals surface area contributed by atoms with Crippen LogP contribution < -0.4 is 4.18 Å². The lowest BCUT2D eigenvalue weighted by atomic mass is 9.92. The van der Waals surface area contributed by atoms with Crippen molar-refractivity contribution in [3.05, 3.63) is 52.6 Å². The summed E-state index contributed by atoms with van der Waals surface area (Å²) < 4.78 is 112. The second-order valence-electron chi connectivity index (χ2n) is 6.94. The molecule has 0 amide bonds. The summed E-state index contributed by atoms with van der Waals surface area (Å²) in [6.07, 6.45) is -7.74. The number of aliphatic carboxylic acids is 1. The maximum absolute atomic E-state index is 13.6. The molecule has 1 aliphatic heterocycles. The van der Waals surface area contributed by atoms with Crippen molar-refractivity contribution in [2.75, 3.05) is 6.61 Å². The molecule has 0 saturated heterocycles. The Morgan fingerprint density at radius 3 is 2.30 bits per heavy atom. The molecule has 33 heavy (non-hydrogen) atoms. The highest BCUT2D eigenvalue weighted by Crippen LogP contribution is 2.43. The number of aliphatic hydroxyl groups excluding tert-OH is 1. The molecule has 1 unspecified atom stereocenters. The lowest BCUT2D eigenvalue weighted by Crippen LogP contribution is -2.28. The molecule has 7 nitrogen and oxygen atoms in total. The van der Waals surface area contributed by atoms with Gasteiger partial charge in [0.2, 0.25) is 0 Å². The van der Waals surface area contributed by atoms with Crippen molar-refractivity contribution in [3.63, 3.8) is 0 Å². The Bertz CT molecular complexity index is 1190. The van der Waals surface area contributed by atoms with Gasteiger partial charge in [0.1, 0.15) is 0 Å². The van der Waals surface area contributed by atoms with Gasteiger partial charge in [-0.15, -0.1) is 0 Å². The summed E-state index contributed by atoms with van der Waals surface area (Å²) in [5, 5.41) is 18.6. The van der Waals surface area contributed by atoms with Crippen LogP contribution in [0.15, 0.2) is 30.3 Å². The number of aliphatic hydroxyl groups is 1. The molecular formula is C19H14F6O7S. The summed E-state index contributed by atoms with van der Waals surface area (Å²) in [4.78, 5) is 11.1. The first-order chi connectivity index (χ1) is 15.1. The molecule has 2 N–H and O–H groups in total. The highest BCUT2D eigenvalue weighted by molar-refractivity contribution is 7.88. The summed E-state index contributed by atoms with van der Waals surface area (Å²) in [6, 6.07) is 4.38. The quantitative estimate of drug-likeness (QED) is 0.365. The first-order valence-corrected chi connectivity index (χ1v) is 10.4. The van der Waals surface area contributed by atoms with Gasteiger partial charge in [0.05, 0.1) is 18.8 Å². The van der Waals surface area contributed by atoms with Gasteiger partial charge in [0.25, 0.3) is 0 Å². The maximum Gasteiger partial charge on any atom is 0.534 e. The number of rotatable bonds is 5. The Labute approximate surface area is 182 Å². The molecule has 0 fully saturated rings. The molecule has 0 radical (unpaired) electrons. The van der Waals surface area contributed by atoms with Gasteiger partial charge in [-0.25, -0.2) is 4.79 Å². The topological polar surface area (TPSA) is 110 Å². The zero-order chi connectivity index (χ0) is 24.8. The molecule has 14 heteroatoms. The van der Waals surface area contributed by atoms with E-state index in [0.29, 0.717) is 17.5 Å². The minimum absolute atomic E-state index is 0.120. The van der Waals surface area contributed by atoms with Crippen LogP contribution in [-0.2, 0) is 38.9 Å². The lowest BCUT2D eigenvalue weighted by Gasteiger charge is -2.22. The van der Waals surface area contributed by atoms with E-state index in [9.17, 15) is 44.7 Å². The minimum Gasteiger partial charge on any atom is -0.479 e. The van der Waals surface area contributed by atoms with E-state index in [1.165, 1.54) is 18.2 Å². The van der Waals surface area contributed by atoms with Crippen LogP contribution in [0, 0.1) is 0 Å². The van der Waals surface area contributed by atoms with Crippen molar-refractivity contribution in [2.45, 2.75) is 30.8 Å². The van der Waals surface area contributed by atoms with Gasteiger partial charge in [0.15, 0.2) is 11.9 Å². The van der Waals surface area contributed by atoms with Crippen molar-refractivity contribution in [2.24, 2.45) is 0 Å². The van der Waals surface area contributed by atoms with Crippen LogP contribution in [0.1, 0.15) is 28.4 Å².